The Kier molecular flexibility index (Phi) is 7.48. The summed E-state index contributed by atoms with van der Waals surface area (Å²) < 4.78 is 11.5. The van der Waals surface area contributed by atoms with E-state index < -0.39 is 11.9 Å². The first-order valence-electron chi connectivity index (χ1n) is 11.7. The number of aromatic nitrogens is 2. The van der Waals surface area contributed by atoms with Crippen LogP contribution in [0.5, 0.6) is 17.2 Å². The molecule has 2 heterocycles. The number of anilines is 1. The van der Waals surface area contributed by atoms with Gasteiger partial charge in [-0.2, -0.15) is 0 Å². The quantitative estimate of drug-likeness (QED) is 0.252. The number of halogens is 1. The second-order valence-corrected chi connectivity index (χ2v) is 9.75. The lowest BCUT2D eigenvalue weighted by atomic mass is 9.93. The van der Waals surface area contributed by atoms with Gasteiger partial charge < -0.3 is 19.9 Å². The predicted molar refractivity (Wildman–Crippen MR) is 146 cm³/mol. The number of carboxylic acid groups (broad SMARTS) is 1. The van der Waals surface area contributed by atoms with Gasteiger partial charge in [0.1, 0.15) is 17.2 Å². The molecule has 1 unspecified atom stereocenters. The minimum atomic E-state index is -0.920. The molecule has 3 aromatic carbocycles. The summed E-state index contributed by atoms with van der Waals surface area (Å²) >= 11 is 8.03. The number of carboxylic acids is 1. The Bertz CT molecular complexity index is 1480. The molecule has 0 aliphatic carbocycles. The molecule has 192 valence electrons. The first-order valence-corrected chi connectivity index (χ1v) is 13.3. The van der Waals surface area contributed by atoms with E-state index in [1.807, 2.05) is 30.5 Å². The first-order chi connectivity index (χ1) is 18.4. The van der Waals surface area contributed by atoms with Crippen molar-refractivity contribution >= 4 is 41.1 Å². The van der Waals surface area contributed by atoms with Crippen LogP contribution in [0, 0.1) is 0 Å². The van der Waals surface area contributed by atoms with Crippen molar-refractivity contribution in [1.82, 2.24) is 10.2 Å². The van der Waals surface area contributed by atoms with Crippen molar-refractivity contribution in [2.45, 2.75) is 17.2 Å². The molecule has 8 nitrogen and oxygen atoms in total. The highest BCUT2D eigenvalue weighted by molar-refractivity contribution is 7.98. The fourth-order valence-corrected chi connectivity index (χ4v) is 4.65. The summed E-state index contributed by atoms with van der Waals surface area (Å²) in [5.74, 6) is -0.393. The van der Waals surface area contributed by atoms with Gasteiger partial charge in [0.2, 0.25) is 0 Å². The lowest BCUT2D eigenvalue weighted by Crippen LogP contribution is -2.20. The van der Waals surface area contributed by atoms with Crippen LogP contribution >= 0.6 is 23.4 Å². The molecule has 38 heavy (non-hydrogen) atoms. The molecule has 0 fully saturated rings. The fraction of sp³-hybridized carbons (Fsp3) is 0.143. The van der Waals surface area contributed by atoms with Crippen molar-refractivity contribution < 1.29 is 24.2 Å². The van der Waals surface area contributed by atoms with Crippen LogP contribution < -0.4 is 14.8 Å². The average molecular weight is 548 g/mol. The Morgan fingerprint density at radius 1 is 1.05 bits per heavy atom. The van der Waals surface area contributed by atoms with E-state index in [0.29, 0.717) is 52.9 Å². The van der Waals surface area contributed by atoms with E-state index in [0.717, 1.165) is 10.5 Å². The number of benzene rings is 3. The summed E-state index contributed by atoms with van der Waals surface area (Å²) in [6.07, 6.45) is 2.40. The maximum atomic E-state index is 12.7. The third kappa shape index (κ3) is 5.58. The predicted octanol–water partition coefficient (Wildman–Crippen LogP) is 6.51. The van der Waals surface area contributed by atoms with Gasteiger partial charge in [0.05, 0.1) is 23.2 Å². The fourth-order valence-electron chi connectivity index (χ4n) is 4.03. The summed E-state index contributed by atoms with van der Waals surface area (Å²) in [4.78, 5) is 25.4. The molecule has 10 heteroatoms. The molecule has 1 aliphatic rings. The Morgan fingerprint density at radius 2 is 1.82 bits per heavy atom. The average Bonchev–Trinajstić information content (AvgIpc) is 2.94. The molecular formula is C28H22ClN3O5S. The van der Waals surface area contributed by atoms with Gasteiger partial charge in [-0.3, -0.25) is 9.59 Å². The van der Waals surface area contributed by atoms with Crippen LogP contribution in [-0.2, 0) is 4.79 Å². The first kappa shape index (κ1) is 25.6. The molecule has 0 radical (unpaired) electrons. The van der Waals surface area contributed by atoms with Crippen LogP contribution in [0.4, 0.5) is 5.82 Å². The molecule has 0 spiro atoms. The molecular weight excluding hydrogens is 526 g/mol. The van der Waals surface area contributed by atoms with E-state index in [2.05, 4.69) is 15.5 Å². The summed E-state index contributed by atoms with van der Waals surface area (Å²) in [6, 6.07) is 21.2. The van der Waals surface area contributed by atoms with E-state index in [1.54, 1.807) is 60.3 Å². The maximum absolute atomic E-state index is 12.7. The number of hydrogen-bond acceptors (Lipinski definition) is 7. The monoisotopic (exact) mass is 547 g/mol. The van der Waals surface area contributed by atoms with Crippen LogP contribution in [0.25, 0.3) is 11.3 Å². The van der Waals surface area contributed by atoms with E-state index in [-0.39, 0.29) is 10.9 Å². The van der Waals surface area contributed by atoms with Crippen molar-refractivity contribution in [3.8, 4) is 28.5 Å². The summed E-state index contributed by atoms with van der Waals surface area (Å²) in [5.41, 5.74) is 2.58. The van der Waals surface area contributed by atoms with E-state index >= 15 is 0 Å². The lowest BCUT2D eigenvalue weighted by Gasteiger charge is -2.24. The summed E-state index contributed by atoms with van der Waals surface area (Å²) in [6.45, 7) is 0.299. The number of carbonyl (C=O) groups excluding carboxylic acids is 1. The van der Waals surface area contributed by atoms with Crippen LogP contribution in [-0.4, -0.2) is 40.0 Å². The van der Waals surface area contributed by atoms with Gasteiger partial charge >= 0.3 is 5.97 Å². The Morgan fingerprint density at radius 3 is 2.47 bits per heavy atom. The van der Waals surface area contributed by atoms with E-state index in [1.165, 1.54) is 0 Å². The van der Waals surface area contributed by atoms with Crippen molar-refractivity contribution in [3.63, 3.8) is 0 Å². The zero-order valence-corrected chi connectivity index (χ0v) is 21.8. The largest absolute Gasteiger partial charge is 0.493 e. The van der Waals surface area contributed by atoms with Gasteiger partial charge in [-0.25, -0.2) is 0 Å². The number of fused-ring (bicyclic) bond motifs is 1. The standard InChI is InChI=1S/C28H22ClN3O5S/c1-38-19-8-4-16(5-9-19)23-10-11-26(32-31-23)30-27(33)17-2-6-18(7-3-17)37-25-15-24-21(14-22(25)29)20(28(34)35)12-13-36-24/h2-11,14-15,20H,12-13H2,1H3,(H,34,35)(H,30,32,33). The molecule has 1 atom stereocenters. The highest BCUT2D eigenvalue weighted by Gasteiger charge is 2.29. The minimum absolute atomic E-state index is 0.268. The maximum Gasteiger partial charge on any atom is 0.311 e. The third-order valence-electron chi connectivity index (χ3n) is 6.04. The number of carbonyl (C=O) groups is 2. The van der Waals surface area contributed by atoms with Crippen LogP contribution in [0.1, 0.15) is 28.3 Å². The number of aliphatic carboxylic acids is 1. The van der Waals surface area contributed by atoms with Gasteiger partial charge in [-0.05, 0) is 67.3 Å². The number of thioether (sulfide) groups is 1. The van der Waals surface area contributed by atoms with E-state index in [9.17, 15) is 14.7 Å². The highest BCUT2D eigenvalue weighted by atomic mass is 35.5. The number of hydrogen-bond donors (Lipinski definition) is 2. The van der Waals surface area contributed by atoms with Crippen molar-refractivity contribution in [3.05, 3.63) is 88.9 Å². The SMILES string of the molecule is CSc1ccc(-c2ccc(NC(=O)c3ccc(Oc4cc5c(cc4Cl)C(C(=O)O)CCO5)cc3)nn2)cc1. The molecule has 1 aromatic heterocycles. The lowest BCUT2D eigenvalue weighted by molar-refractivity contribution is -0.139. The summed E-state index contributed by atoms with van der Waals surface area (Å²) in [7, 11) is 0. The second kappa shape index (κ2) is 11.1. The molecule has 0 saturated carbocycles. The zero-order valence-electron chi connectivity index (χ0n) is 20.2. The Hall–Kier alpha value is -4.08. The Labute approximate surface area is 228 Å². The van der Waals surface area contributed by atoms with Crippen LogP contribution in [0.15, 0.2) is 77.7 Å². The zero-order chi connectivity index (χ0) is 26.6. The van der Waals surface area contributed by atoms with Crippen molar-refractivity contribution in [2.75, 3.05) is 18.2 Å². The molecule has 2 N–H and O–H groups in total. The molecule has 4 aromatic rings. The van der Waals surface area contributed by atoms with Gasteiger partial charge in [0.25, 0.3) is 5.91 Å². The van der Waals surface area contributed by atoms with E-state index in [4.69, 9.17) is 21.1 Å². The normalized spacial score (nSPS) is 14.2. The van der Waals surface area contributed by atoms with Crippen LogP contribution in [0.2, 0.25) is 5.02 Å². The van der Waals surface area contributed by atoms with Crippen LogP contribution in [0.3, 0.4) is 0 Å². The third-order valence-corrected chi connectivity index (χ3v) is 7.08. The number of ether oxygens (including phenoxy) is 2. The highest BCUT2D eigenvalue weighted by Crippen LogP contribution is 2.41. The van der Waals surface area contributed by atoms with Gasteiger partial charge in [0, 0.05) is 27.7 Å². The second-order valence-electron chi connectivity index (χ2n) is 8.46. The number of rotatable bonds is 7. The number of amides is 1. The smallest absolute Gasteiger partial charge is 0.311 e. The summed E-state index contributed by atoms with van der Waals surface area (Å²) in [5, 5.41) is 20.8. The molecule has 5 rings (SSSR count). The molecule has 0 bridgehead atoms. The van der Waals surface area contributed by atoms with Gasteiger partial charge in [0.15, 0.2) is 5.82 Å². The van der Waals surface area contributed by atoms with Gasteiger partial charge in [-0.1, -0.05) is 23.7 Å². The van der Waals surface area contributed by atoms with Gasteiger partial charge in [-0.15, -0.1) is 22.0 Å². The topological polar surface area (TPSA) is 111 Å². The van der Waals surface area contributed by atoms with Crippen molar-refractivity contribution in [1.29, 1.82) is 0 Å². The minimum Gasteiger partial charge on any atom is -0.493 e. The van der Waals surface area contributed by atoms with Crippen molar-refractivity contribution in [2.24, 2.45) is 0 Å². The molecule has 0 saturated heterocycles. The number of nitrogens with one attached hydrogen (secondary N) is 1. The molecule has 1 amide bonds. The number of nitrogens with zero attached hydrogens (tertiary/aromatic N) is 2. The molecule has 1 aliphatic heterocycles. The Balaban J connectivity index is 1.24.